The molecule has 1 atom stereocenters. The molecule has 1 fully saturated rings. The van der Waals surface area contributed by atoms with Crippen molar-refractivity contribution in [3.05, 3.63) is 87.4 Å². The number of rotatable bonds is 3. The topological polar surface area (TPSA) is 64.4 Å². The minimum Gasteiger partial charge on any atom is -0.310 e. The monoisotopic (exact) mass is 449 g/mol. The number of thiophene rings is 1. The standard InChI is InChI=1S/C23H16FN3O2S2/c24-17-6-7-19-18(12-17)23(27(8-10-31-23)21(28)20-5-2-9-30-20)22(29)26(19)14-16-4-1-3-15(11-16)13-25/h1-7,9,11-12H,8,10,14H2/t23-/m0/s1. The van der Waals surface area contributed by atoms with Crippen LogP contribution < -0.4 is 4.90 Å². The van der Waals surface area contributed by atoms with Crippen molar-refractivity contribution < 1.29 is 14.0 Å². The van der Waals surface area contributed by atoms with Gasteiger partial charge < -0.3 is 9.80 Å². The number of carbonyl (C=O) groups excluding carboxylic acids is 2. The number of thioether (sulfide) groups is 1. The lowest BCUT2D eigenvalue weighted by Crippen LogP contribution is -2.50. The van der Waals surface area contributed by atoms with Crippen LogP contribution in [0.15, 0.2) is 60.0 Å². The molecule has 0 aliphatic carbocycles. The van der Waals surface area contributed by atoms with E-state index in [0.29, 0.717) is 34.0 Å². The van der Waals surface area contributed by atoms with Crippen LogP contribution in [0.1, 0.15) is 26.4 Å². The lowest BCUT2D eigenvalue weighted by atomic mass is 10.1. The molecule has 0 unspecified atom stereocenters. The van der Waals surface area contributed by atoms with Crippen LogP contribution in [0.4, 0.5) is 10.1 Å². The molecule has 3 aromatic rings. The molecule has 8 heteroatoms. The smallest absolute Gasteiger partial charge is 0.268 e. The van der Waals surface area contributed by atoms with Crippen LogP contribution in [0, 0.1) is 17.1 Å². The summed E-state index contributed by atoms with van der Waals surface area (Å²) in [4.78, 5) is 29.6. The van der Waals surface area contributed by atoms with Gasteiger partial charge in [0.2, 0.25) is 0 Å². The lowest BCUT2D eigenvalue weighted by Gasteiger charge is -2.33. The molecule has 1 spiro atoms. The van der Waals surface area contributed by atoms with Gasteiger partial charge in [0.25, 0.3) is 11.8 Å². The number of halogens is 1. The minimum atomic E-state index is -1.29. The van der Waals surface area contributed by atoms with Gasteiger partial charge in [-0.15, -0.1) is 23.1 Å². The second kappa shape index (κ2) is 7.52. The summed E-state index contributed by atoms with van der Waals surface area (Å²) in [7, 11) is 0. The second-order valence-corrected chi connectivity index (χ2v) is 9.53. The summed E-state index contributed by atoms with van der Waals surface area (Å²) in [5.74, 6) is -0.355. The molecule has 31 heavy (non-hydrogen) atoms. The predicted octanol–water partition coefficient (Wildman–Crippen LogP) is 4.35. The maximum Gasteiger partial charge on any atom is 0.268 e. The summed E-state index contributed by atoms with van der Waals surface area (Å²) >= 11 is 2.69. The molecule has 1 aromatic heterocycles. The Bertz CT molecular complexity index is 1240. The normalized spacial score (nSPS) is 19.7. The van der Waals surface area contributed by atoms with E-state index in [2.05, 4.69) is 6.07 Å². The molecule has 2 amide bonds. The average molecular weight is 450 g/mol. The third-order valence-corrected chi connectivity index (χ3v) is 7.81. The number of amides is 2. The van der Waals surface area contributed by atoms with Crippen molar-refractivity contribution in [3.8, 4) is 6.07 Å². The highest BCUT2D eigenvalue weighted by Gasteiger charge is 2.59. The van der Waals surface area contributed by atoms with Crippen molar-refractivity contribution in [1.29, 1.82) is 5.26 Å². The number of nitrogens with zero attached hydrogens (tertiary/aromatic N) is 3. The molecule has 1 saturated heterocycles. The number of hydrogen-bond acceptors (Lipinski definition) is 5. The lowest BCUT2D eigenvalue weighted by molar-refractivity contribution is -0.123. The molecule has 0 radical (unpaired) electrons. The van der Waals surface area contributed by atoms with Crippen molar-refractivity contribution in [3.63, 3.8) is 0 Å². The van der Waals surface area contributed by atoms with E-state index in [9.17, 15) is 19.2 Å². The van der Waals surface area contributed by atoms with Crippen molar-refractivity contribution in [1.82, 2.24) is 4.90 Å². The van der Waals surface area contributed by atoms with Gasteiger partial charge in [-0.3, -0.25) is 9.59 Å². The Balaban J connectivity index is 1.60. The van der Waals surface area contributed by atoms with Crippen molar-refractivity contribution in [2.24, 2.45) is 0 Å². The van der Waals surface area contributed by atoms with Crippen molar-refractivity contribution >= 4 is 40.6 Å². The Morgan fingerprint density at radius 2 is 2.06 bits per heavy atom. The largest absolute Gasteiger partial charge is 0.310 e. The van der Waals surface area contributed by atoms with Gasteiger partial charge >= 0.3 is 0 Å². The Labute approximate surface area is 186 Å². The van der Waals surface area contributed by atoms with Gasteiger partial charge in [0.1, 0.15) is 5.82 Å². The maximum absolute atomic E-state index is 14.3. The van der Waals surface area contributed by atoms with E-state index >= 15 is 0 Å². The Kier molecular flexibility index (Phi) is 4.80. The van der Waals surface area contributed by atoms with E-state index in [-0.39, 0.29) is 18.4 Å². The molecule has 2 aliphatic rings. The predicted molar refractivity (Wildman–Crippen MR) is 118 cm³/mol. The molecule has 0 N–H and O–H groups in total. The number of nitriles is 1. The van der Waals surface area contributed by atoms with E-state index < -0.39 is 10.7 Å². The van der Waals surface area contributed by atoms with Gasteiger partial charge in [0, 0.05) is 17.9 Å². The molecule has 3 heterocycles. The summed E-state index contributed by atoms with van der Waals surface area (Å²) in [5, 5.41) is 11.0. The first-order chi connectivity index (χ1) is 15.0. The Hall–Kier alpha value is -3.15. The van der Waals surface area contributed by atoms with Crippen molar-refractivity contribution in [2.75, 3.05) is 17.2 Å². The summed E-state index contributed by atoms with van der Waals surface area (Å²) in [6.45, 7) is 0.636. The second-order valence-electron chi connectivity index (χ2n) is 7.29. The zero-order valence-electron chi connectivity index (χ0n) is 16.2. The summed E-state index contributed by atoms with van der Waals surface area (Å²) < 4.78 is 14.3. The number of hydrogen-bond donors (Lipinski definition) is 0. The Morgan fingerprint density at radius 3 is 2.84 bits per heavy atom. The SMILES string of the molecule is N#Cc1cccc(CN2C(=O)[C@@]3(SCCN3C(=O)c3cccs3)c3cc(F)ccc32)c1. The first kappa shape index (κ1) is 19.8. The minimum absolute atomic E-state index is 0.225. The third-order valence-electron chi connectivity index (χ3n) is 5.53. The van der Waals surface area contributed by atoms with Gasteiger partial charge in [0.05, 0.1) is 28.7 Å². The molecular formula is C23H16FN3O2S2. The average Bonchev–Trinajstić information content (AvgIpc) is 3.51. The van der Waals surface area contributed by atoms with Crippen LogP contribution in [0.5, 0.6) is 0 Å². The molecule has 154 valence electrons. The van der Waals surface area contributed by atoms with E-state index in [1.807, 2.05) is 11.4 Å². The fourth-order valence-electron chi connectivity index (χ4n) is 4.20. The molecule has 0 saturated carbocycles. The van der Waals surface area contributed by atoms with Gasteiger partial charge in [-0.1, -0.05) is 18.2 Å². The molecule has 2 aromatic carbocycles. The quantitative estimate of drug-likeness (QED) is 0.597. The highest BCUT2D eigenvalue weighted by Crippen LogP contribution is 2.55. The highest BCUT2D eigenvalue weighted by atomic mass is 32.2. The molecule has 5 rings (SSSR count). The van der Waals surface area contributed by atoms with Crippen LogP contribution in [-0.2, 0) is 16.2 Å². The summed E-state index contributed by atoms with van der Waals surface area (Å²) in [6.07, 6.45) is 0. The third kappa shape index (κ3) is 3.04. The number of fused-ring (bicyclic) bond motifs is 2. The molecule has 0 bridgehead atoms. The van der Waals surface area contributed by atoms with E-state index in [4.69, 9.17) is 0 Å². The maximum atomic E-state index is 14.3. The van der Waals surface area contributed by atoms with Crippen LogP contribution in [0.25, 0.3) is 0 Å². The molecule has 2 aliphatic heterocycles. The zero-order valence-corrected chi connectivity index (χ0v) is 17.9. The Morgan fingerprint density at radius 1 is 1.19 bits per heavy atom. The fourth-order valence-corrected chi connectivity index (χ4v) is 6.32. The first-order valence-corrected chi connectivity index (χ1v) is 11.5. The molecular weight excluding hydrogens is 433 g/mol. The summed E-state index contributed by atoms with van der Waals surface area (Å²) in [6, 6.07) is 17.0. The zero-order chi connectivity index (χ0) is 21.6. The van der Waals surface area contributed by atoms with Crippen LogP contribution in [0.3, 0.4) is 0 Å². The van der Waals surface area contributed by atoms with Crippen LogP contribution >= 0.6 is 23.1 Å². The van der Waals surface area contributed by atoms with Gasteiger partial charge in [-0.05, 0) is 47.3 Å². The van der Waals surface area contributed by atoms with Gasteiger partial charge in [-0.2, -0.15) is 5.26 Å². The number of carbonyl (C=O) groups is 2. The fraction of sp³-hybridized carbons (Fsp3) is 0.174. The molecule has 5 nitrogen and oxygen atoms in total. The van der Waals surface area contributed by atoms with Gasteiger partial charge in [-0.25, -0.2) is 4.39 Å². The van der Waals surface area contributed by atoms with Crippen LogP contribution in [-0.4, -0.2) is 29.0 Å². The van der Waals surface area contributed by atoms with E-state index in [1.165, 1.54) is 35.2 Å². The number of benzene rings is 2. The van der Waals surface area contributed by atoms with E-state index in [0.717, 1.165) is 5.56 Å². The highest BCUT2D eigenvalue weighted by molar-refractivity contribution is 8.01. The number of anilines is 1. The van der Waals surface area contributed by atoms with E-state index in [1.54, 1.807) is 46.2 Å². The van der Waals surface area contributed by atoms with Crippen molar-refractivity contribution in [2.45, 2.75) is 11.4 Å². The van der Waals surface area contributed by atoms with Crippen LogP contribution in [0.2, 0.25) is 0 Å². The van der Waals surface area contributed by atoms with Gasteiger partial charge in [0.15, 0.2) is 4.87 Å². The summed E-state index contributed by atoms with van der Waals surface area (Å²) in [5.41, 5.74) is 2.38. The first-order valence-electron chi connectivity index (χ1n) is 9.65.